The second-order valence-corrected chi connectivity index (χ2v) is 6.50. The van der Waals surface area contributed by atoms with Gasteiger partial charge in [0.25, 0.3) is 0 Å². The Morgan fingerprint density at radius 3 is 2.83 bits per heavy atom. The van der Waals surface area contributed by atoms with Gasteiger partial charge < -0.3 is 10.2 Å². The third kappa shape index (κ3) is 3.23. The minimum Gasteiger partial charge on any atom is -0.341 e. The highest BCUT2D eigenvalue weighted by atomic mass is 16.2. The molecule has 0 spiro atoms. The van der Waals surface area contributed by atoms with E-state index in [1.165, 1.54) is 6.42 Å². The van der Waals surface area contributed by atoms with Crippen molar-refractivity contribution in [3.05, 3.63) is 0 Å². The summed E-state index contributed by atoms with van der Waals surface area (Å²) in [5, 5.41) is 3.40. The predicted octanol–water partition coefficient (Wildman–Crippen LogP) is 0.929. The van der Waals surface area contributed by atoms with Crippen molar-refractivity contribution in [2.45, 2.75) is 39.2 Å². The lowest BCUT2D eigenvalue weighted by atomic mass is 9.99. The first kappa shape index (κ1) is 13.8. The lowest BCUT2D eigenvalue weighted by Crippen LogP contribution is -2.60. The first-order valence-electron chi connectivity index (χ1n) is 7.22. The molecule has 2 rings (SSSR count). The SMILES string of the molecule is CC1CCCN(C(=O)CN2CCNCC2(C)C)C1. The molecule has 1 atom stereocenters. The molecule has 18 heavy (non-hydrogen) atoms. The van der Waals surface area contributed by atoms with Crippen LogP contribution in [0.25, 0.3) is 0 Å². The molecule has 4 nitrogen and oxygen atoms in total. The van der Waals surface area contributed by atoms with Crippen LogP contribution >= 0.6 is 0 Å². The Bertz CT molecular complexity index is 303. The monoisotopic (exact) mass is 253 g/mol. The molecule has 104 valence electrons. The summed E-state index contributed by atoms with van der Waals surface area (Å²) in [6.45, 7) is 12.1. The topological polar surface area (TPSA) is 35.6 Å². The number of likely N-dealkylation sites (tertiary alicyclic amines) is 1. The van der Waals surface area contributed by atoms with E-state index in [9.17, 15) is 4.79 Å². The van der Waals surface area contributed by atoms with E-state index < -0.39 is 0 Å². The summed E-state index contributed by atoms with van der Waals surface area (Å²) in [6, 6.07) is 0. The number of nitrogens with zero attached hydrogens (tertiary/aromatic N) is 2. The summed E-state index contributed by atoms with van der Waals surface area (Å²) in [5.41, 5.74) is 0.0926. The van der Waals surface area contributed by atoms with Gasteiger partial charge in [0.05, 0.1) is 6.54 Å². The van der Waals surface area contributed by atoms with Crippen molar-refractivity contribution < 1.29 is 4.79 Å². The van der Waals surface area contributed by atoms with Crippen LogP contribution in [0.2, 0.25) is 0 Å². The van der Waals surface area contributed by atoms with Gasteiger partial charge in [-0.05, 0) is 32.6 Å². The number of piperidine rings is 1. The highest BCUT2D eigenvalue weighted by molar-refractivity contribution is 5.78. The zero-order chi connectivity index (χ0) is 13.2. The van der Waals surface area contributed by atoms with Gasteiger partial charge in [-0.3, -0.25) is 9.69 Å². The smallest absolute Gasteiger partial charge is 0.236 e. The van der Waals surface area contributed by atoms with Gasteiger partial charge in [0.2, 0.25) is 5.91 Å². The largest absolute Gasteiger partial charge is 0.341 e. The number of carbonyl (C=O) groups is 1. The fourth-order valence-corrected chi connectivity index (χ4v) is 3.00. The van der Waals surface area contributed by atoms with E-state index in [0.29, 0.717) is 18.4 Å². The molecule has 2 saturated heterocycles. The fourth-order valence-electron chi connectivity index (χ4n) is 3.00. The van der Waals surface area contributed by atoms with Crippen LogP contribution < -0.4 is 5.32 Å². The molecule has 1 unspecified atom stereocenters. The third-order valence-corrected chi connectivity index (χ3v) is 4.31. The molecule has 0 aliphatic carbocycles. The first-order valence-corrected chi connectivity index (χ1v) is 7.22. The van der Waals surface area contributed by atoms with Gasteiger partial charge in [-0.15, -0.1) is 0 Å². The van der Waals surface area contributed by atoms with E-state index in [1.807, 2.05) is 0 Å². The van der Waals surface area contributed by atoms with E-state index >= 15 is 0 Å². The second kappa shape index (κ2) is 5.57. The summed E-state index contributed by atoms with van der Waals surface area (Å²) in [5.74, 6) is 0.982. The zero-order valence-electron chi connectivity index (χ0n) is 12.0. The lowest BCUT2D eigenvalue weighted by molar-refractivity contribution is -0.135. The molecule has 2 aliphatic heterocycles. The average molecular weight is 253 g/mol. The normalized spacial score (nSPS) is 29.3. The van der Waals surface area contributed by atoms with Crippen LogP contribution in [-0.4, -0.2) is 60.5 Å². The standard InChI is InChI=1S/C14H27N3O/c1-12-5-4-7-16(9-12)13(18)10-17-8-6-15-11-14(17,2)3/h12,15H,4-11H2,1-3H3. The molecule has 2 fully saturated rings. The van der Waals surface area contributed by atoms with Gasteiger partial charge in [-0.25, -0.2) is 0 Å². The number of piperazine rings is 1. The summed E-state index contributed by atoms with van der Waals surface area (Å²) >= 11 is 0. The second-order valence-electron chi connectivity index (χ2n) is 6.50. The maximum absolute atomic E-state index is 12.4. The van der Waals surface area contributed by atoms with Gasteiger partial charge >= 0.3 is 0 Å². The van der Waals surface area contributed by atoms with Crippen LogP contribution in [0, 0.1) is 5.92 Å². The number of hydrogen-bond acceptors (Lipinski definition) is 3. The van der Waals surface area contributed by atoms with E-state index in [2.05, 4.69) is 35.9 Å². The minimum absolute atomic E-state index is 0.0926. The molecule has 0 aromatic carbocycles. The number of hydrogen-bond donors (Lipinski definition) is 1. The molecule has 1 amide bonds. The predicted molar refractivity (Wildman–Crippen MR) is 73.5 cm³/mol. The van der Waals surface area contributed by atoms with Crippen molar-refractivity contribution in [1.29, 1.82) is 0 Å². The quantitative estimate of drug-likeness (QED) is 0.795. The van der Waals surface area contributed by atoms with Crippen molar-refractivity contribution in [3.8, 4) is 0 Å². The Hall–Kier alpha value is -0.610. The number of amides is 1. The minimum atomic E-state index is 0.0926. The molecular formula is C14H27N3O. The van der Waals surface area contributed by atoms with Crippen LogP contribution in [0.5, 0.6) is 0 Å². The summed E-state index contributed by atoms with van der Waals surface area (Å²) in [6.07, 6.45) is 2.43. The van der Waals surface area contributed by atoms with Crippen molar-refractivity contribution in [2.24, 2.45) is 5.92 Å². The Balaban J connectivity index is 1.89. The van der Waals surface area contributed by atoms with E-state index in [-0.39, 0.29) is 5.54 Å². The molecule has 0 bridgehead atoms. The molecule has 0 aromatic heterocycles. The van der Waals surface area contributed by atoms with E-state index in [1.54, 1.807) is 0 Å². The molecular weight excluding hydrogens is 226 g/mol. The molecule has 0 aromatic rings. The van der Waals surface area contributed by atoms with Crippen molar-refractivity contribution in [3.63, 3.8) is 0 Å². The highest BCUT2D eigenvalue weighted by Gasteiger charge is 2.32. The van der Waals surface area contributed by atoms with Crippen molar-refractivity contribution in [2.75, 3.05) is 39.3 Å². The van der Waals surface area contributed by atoms with Gasteiger partial charge in [-0.2, -0.15) is 0 Å². The summed E-state index contributed by atoms with van der Waals surface area (Å²) < 4.78 is 0. The Morgan fingerprint density at radius 2 is 2.17 bits per heavy atom. The maximum Gasteiger partial charge on any atom is 0.236 e. The summed E-state index contributed by atoms with van der Waals surface area (Å²) in [4.78, 5) is 16.7. The van der Waals surface area contributed by atoms with Gasteiger partial charge in [0.1, 0.15) is 0 Å². The van der Waals surface area contributed by atoms with Crippen molar-refractivity contribution >= 4 is 5.91 Å². The Morgan fingerprint density at radius 1 is 1.39 bits per heavy atom. The van der Waals surface area contributed by atoms with E-state index in [4.69, 9.17) is 0 Å². The molecule has 2 aliphatic rings. The lowest BCUT2D eigenvalue weighted by Gasteiger charge is -2.43. The molecule has 0 radical (unpaired) electrons. The van der Waals surface area contributed by atoms with E-state index in [0.717, 1.165) is 39.1 Å². The molecule has 0 saturated carbocycles. The number of nitrogens with one attached hydrogen (secondary N) is 1. The fraction of sp³-hybridized carbons (Fsp3) is 0.929. The van der Waals surface area contributed by atoms with Crippen LogP contribution in [0.15, 0.2) is 0 Å². The highest BCUT2D eigenvalue weighted by Crippen LogP contribution is 2.19. The van der Waals surface area contributed by atoms with Crippen LogP contribution in [0.4, 0.5) is 0 Å². The van der Waals surface area contributed by atoms with Gasteiger partial charge in [0, 0.05) is 38.3 Å². The average Bonchev–Trinajstić information content (AvgIpc) is 2.31. The first-order chi connectivity index (χ1) is 8.49. The Kier molecular flexibility index (Phi) is 4.28. The molecule has 1 N–H and O–H groups in total. The number of rotatable bonds is 2. The maximum atomic E-state index is 12.4. The van der Waals surface area contributed by atoms with Crippen LogP contribution in [0.1, 0.15) is 33.6 Å². The third-order valence-electron chi connectivity index (χ3n) is 4.31. The summed E-state index contributed by atoms with van der Waals surface area (Å²) in [7, 11) is 0. The van der Waals surface area contributed by atoms with Crippen LogP contribution in [-0.2, 0) is 4.79 Å². The molecule has 2 heterocycles. The van der Waals surface area contributed by atoms with Gasteiger partial charge in [0.15, 0.2) is 0 Å². The zero-order valence-corrected chi connectivity index (χ0v) is 12.0. The van der Waals surface area contributed by atoms with Crippen molar-refractivity contribution in [1.82, 2.24) is 15.1 Å². The molecule has 4 heteroatoms. The number of carbonyl (C=O) groups excluding carboxylic acids is 1. The Labute approximate surface area is 111 Å². The van der Waals surface area contributed by atoms with Crippen LogP contribution in [0.3, 0.4) is 0 Å². The van der Waals surface area contributed by atoms with Gasteiger partial charge in [-0.1, -0.05) is 6.92 Å².